The van der Waals surface area contributed by atoms with Crippen molar-refractivity contribution >= 4 is 22.7 Å². The first kappa shape index (κ1) is 11.8. The summed E-state index contributed by atoms with van der Waals surface area (Å²) in [5.41, 5.74) is 1.44. The number of nitrogens with one attached hydrogen (secondary N) is 1. The summed E-state index contributed by atoms with van der Waals surface area (Å²) >= 11 is 3.75. The summed E-state index contributed by atoms with van der Waals surface area (Å²) in [6.45, 7) is 8.48. The van der Waals surface area contributed by atoms with Crippen LogP contribution in [0.1, 0.15) is 25.1 Å². The van der Waals surface area contributed by atoms with Crippen LogP contribution in [0.5, 0.6) is 0 Å². The van der Waals surface area contributed by atoms with Crippen molar-refractivity contribution in [3.05, 3.63) is 43.3 Å². The summed E-state index contributed by atoms with van der Waals surface area (Å²) in [4.78, 5) is 5.65. The lowest BCUT2D eigenvalue weighted by atomic mass is 10.2. The van der Waals surface area contributed by atoms with Crippen LogP contribution in [-0.2, 0) is 13.1 Å². The van der Waals surface area contributed by atoms with Crippen LogP contribution in [0.3, 0.4) is 0 Å². The number of hydrogen-bond donors (Lipinski definition) is 1. The Hall–Kier alpha value is -0.640. The molecule has 0 aliphatic heterocycles. The Kier molecular flexibility index (Phi) is 3.79. The molecule has 0 saturated heterocycles. The monoisotopic (exact) mass is 251 g/mol. The third kappa shape index (κ3) is 2.94. The molecule has 0 fully saturated rings. The fourth-order valence-electron chi connectivity index (χ4n) is 1.76. The molecule has 0 bridgehead atoms. The Labute approximate surface area is 105 Å². The van der Waals surface area contributed by atoms with Crippen LogP contribution in [0.25, 0.3) is 0 Å². The predicted octanol–water partition coefficient (Wildman–Crippen LogP) is 4.02. The molecule has 16 heavy (non-hydrogen) atoms. The van der Waals surface area contributed by atoms with Crippen molar-refractivity contribution in [3.63, 3.8) is 0 Å². The molecule has 2 aromatic heterocycles. The number of aryl methyl sites for hydroxylation is 3. The maximum absolute atomic E-state index is 3.50. The fraction of sp³-hybridized carbons (Fsp3) is 0.385. The lowest BCUT2D eigenvalue weighted by molar-refractivity contribution is 0.700. The van der Waals surface area contributed by atoms with Crippen molar-refractivity contribution in [3.8, 4) is 0 Å². The lowest BCUT2D eigenvalue weighted by Gasteiger charge is -2.02. The van der Waals surface area contributed by atoms with Gasteiger partial charge in [0.2, 0.25) is 0 Å². The van der Waals surface area contributed by atoms with Gasteiger partial charge < -0.3 is 5.32 Å². The van der Waals surface area contributed by atoms with Crippen LogP contribution in [-0.4, -0.2) is 0 Å². The molecule has 0 unspecified atom stereocenters. The molecule has 2 rings (SSSR count). The van der Waals surface area contributed by atoms with Crippen molar-refractivity contribution in [1.29, 1.82) is 0 Å². The first-order valence-corrected chi connectivity index (χ1v) is 7.10. The molecule has 0 radical (unpaired) electrons. The summed E-state index contributed by atoms with van der Waals surface area (Å²) in [5.74, 6) is 0. The van der Waals surface area contributed by atoms with Gasteiger partial charge in [-0.05, 0) is 44.5 Å². The highest BCUT2D eigenvalue weighted by molar-refractivity contribution is 7.12. The van der Waals surface area contributed by atoms with Gasteiger partial charge in [0.25, 0.3) is 0 Å². The maximum atomic E-state index is 3.50. The standard InChI is InChI=1S/C13H17NS2/c1-9-4-5-13(16-9)8-14-7-12-6-10(2)15-11(12)3/h4-6,14H,7-8H2,1-3H3. The van der Waals surface area contributed by atoms with Gasteiger partial charge in [-0.1, -0.05) is 0 Å². The van der Waals surface area contributed by atoms with Gasteiger partial charge in [0.1, 0.15) is 0 Å². The lowest BCUT2D eigenvalue weighted by Crippen LogP contribution is -2.11. The molecule has 2 heterocycles. The molecule has 3 heteroatoms. The molecule has 1 nitrogen and oxygen atoms in total. The first-order chi connectivity index (χ1) is 7.65. The summed E-state index contributed by atoms with van der Waals surface area (Å²) in [5, 5.41) is 3.50. The van der Waals surface area contributed by atoms with Gasteiger partial charge in [-0.2, -0.15) is 0 Å². The summed E-state index contributed by atoms with van der Waals surface area (Å²) < 4.78 is 0. The molecule has 0 aliphatic carbocycles. The molecule has 0 spiro atoms. The van der Waals surface area contributed by atoms with E-state index in [0.717, 1.165) is 13.1 Å². The quantitative estimate of drug-likeness (QED) is 0.865. The van der Waals surface area contributed by atoms with Gasteiger partial charge in [0.15, 0.2) is 0 Å². The van der Waals surface area contributed by atoms with Crippen LogP contribution < -0.4 is 5.32 Å². The first-order valence-electron chi connectivity index (χ1n) is 5.47. The third-order valence-corrected chi connectivity index (χ3v) is 4.56. The maximum Gasteiger partial charge on any atom is 0.0303 e. The van der Waals surface area contributed by atoms with E-state index in [0.29, 0.717) is 0 Å². The summed E-state index contributed by atoms with van der Waals surface area (Å²) in [7, 11) is 0. The van der Waals surface area contributed by atoms with E-state index in [1.165, 1.54) is 25.1 Å². The van der Waals surface area contributed by atoms with Gasteiger partial charge in [0.05, 0.1) is 0 Å². The summed E-state index contributed by atoms with van der Waals surface area (Å²) in [6.07, 6.45) is 0. The van der Waals surface area contributed by atoms with Gasteiger partial charge in [-0.3, -0.25) is 0 Å². The smallest absolute Gasteiger partial charge is 0.0303 e. The highest BCUT2D eigenvalue weighted by atomic mass is 32.1. The van der Waals surface area contributed by atoms with E-state index in [-0.39, 0.29) is 0 Å². The molecular formula is C13H17NS2. The summed E-state index contributed by atoms with van der Waals surface area (Å²) in [6, 6.07) is 6.67. The molecule has 0 amide bonds. The number of rotatable bonds is 4. The average Bonchev–Trinajstić information content (AvgIpc) is 2.74. The largest absolute Gasteiger partial charge is 0.308 e. The Morgan fingerprint density at radius 3 is 2.38 bits per heavy atom. The zero-order chi connectivity index (χ0) is 11.5. The van der Waals surface area contributed by atoms with Crippen molar-refractivity contribution in [2.45, 2.75) is 33.9 Å². The zero-order valence-corrected chi connectivity index (χ0v) is 11.6. The third-order valence-electron chi connectivity index (χ3n) is 2.55. The number of thiophene rings is 2. The zero-order valence-electron chi connectivity index (χ0n) is 9.96. The van der Waals surface area contributed by atoms with Gasteiger partial charge in [0, 0.05) is 32.6 Å². The minimum atomic E-state index is 0.979. The van der Waals surface area contributed by atoms with E-state index < -0.39 is 0 Å². The Morgan fingerprint density at radius 2 is 1.81 bits per heavy atom. The topological polar surface area (TPSA) is 12.0 Å². The van der Waals surface area contributed by atoms with E-state index in [1.807, 2.05) is 22.7 Å². The minimum absolute atomic E-state index is 0.979. The van der Waals surface area contributed by atoms with E-state index in [2.05, 4.69) is 44.3 Å². The second kappa shape index (κ2) is 5.13. The Balaban J connectivity index is 1.86. The van der Waals surface area contributed by atoms with Crippen molar-refractivity contribution in [1.82, 2.24) is 5.32 Å². The molecule has 1 N–H and O–H groups in total. The molecule has 86 valence electrons. The van der Waals surface area contributed by atoms with E-state index in [4.69, 9.17) is 0 Å². The second-order valence-electron chi connectivity index (χ2n) is 4.05. The Bertz CT molecular complexity index is 468. The molecular weight excluding hydrogens is 234 g/mol. The van der Waals surface area contributed by atoms with E-state index in [1.54, 1.807) is 0 Å². The predicted molar refractivity (Wildman–Crippen MR) is 73.4 cm³/mol. The molecule has 0 atom stereocenters. The van der Waals surface area contributed by atoms with Crippen LogP contribution in [0.4, 0.5) is 0 Å². The second-order valence-corrected chi connectivity index (χ2v) is 6.89. The number of hydrogen-bond acceptors (Lipinski definition) is 3. The Morgan fingerprint density at radius 1 is 1.00 bits per heavy atom. The van der Waals surface area contributed by atoms with Crippen LogP contribution in [0.2, 0.25) is 0 Å². The normalized spacial score (nSPS) is 10.9. The van der Waals surface area contributed by atoms with Crippen molar-refractivity contribution in [2.24, 2.45) is 0 Å². The van der Waals surface area contributed by atoms with E-state index in [9.17, 15) is 0 Å². The van der Waals surface area contributed by atoms with Crippen LogP contribution in [0, 0.1) is 20.8 Å². The average molecular weight is 251 g/mol. The van der Waals surface area contributed by atoms with Crippen LogP contribution >= 0.6 is 22.7 Å². The minimum Gasteiger partial charge on any atom is -0.308 e. The van der Waals surface area contributed by atoms with Crippen molar-refractivity contribution in [2.75, 3.05) is 0 Å². The van der Waals surface area contributed by atoms with Gasteiger partial charge in [-0.25, -0.2) is 0 Å². The highest BCUT2D eigenvalue weighted by Gasteiger charge is 2.02. The van der Waals surface area contributed by atoms with Gasteiger partial charge >= 0.3 is 0 Å². The molecule has 0 aliphatic rings. The highest BCUT2D eigenvalue weighted by Crippen LogP contribution is 2.20. The van der Waals surface area contributed by atoms with Crippen LogP contribution in [0.15, 0.2) is 18.2 Å². The molecule has 0 saturated carbocycles. The van der Waals surface area contributed by atoms with Crippen molar-refractivity contribution < 1.29 is 0 Å². The van der Waals surface area contributed by atoms with E-state index >= 15 is 0 Å². The SMILES string of the molecule is Cc1ccc(CNCc2cc(C)sc2C)s1. The van der Waals surface area contributed by atoms with Gasteiger partial charge in [-0.15, -0.1) is 22.7 Å². The molecule has 0 aromatic carbocycles. The fourth-order valence-corrected chi connectivity index (χ4v) is 3.57. The molecule has 2 aromatic rings.